The van der Waals surface area contributed by atoms with Crippen molar-refractivity contribution in [1.82, 2.24) is 14.9 Å². The first kappa shape index (κ1) is 19.0. The second-order valence-corrected chi connectivity index (χ2v) is 7.23. The van der Waals surface area contributed by atoms with E-state index in [2.05, 4.69) is 9.97 Å². The van der Waals surface area contributed by atoms with E-state index in [-0.39, 0.29) is 24.7 Å². The molecule has 0 unspecified atom stereocenters. The summed E-state index contributed by atoms with van der Waals surface area (Å²) in [6.07, 6.45) is 4.14. The summed E-state index contributed by atoms with van der Waals surface area (Å²) in [5.41, 5.74) is 2.81. The first-order valence-corrected chi connectivity index (χ1v) is 9.65. The number of fused-ring (bicyclic) bond motifs is 1. The number of H-pyrrole nitrogens is 1. The van der Waals surface area contributed by atoms with Crippen LogP contribution in [0.3, 0.4) is 0 Å². The quantitative estimate of drug-likeness (QED) is 0.671. The Balaban J connectivity index is 1.49. The number of pyridine rings is 1. The molecule has 1 aliphatic heterocycles. The monoisotopic (exact) mass is 393 g/mol. The highest BCUT2D eigenvalue weighted by Crippen LogP contribution is 2.27. The number of amides is 1. The van der Waals surface area contributed by atoms with E-state index in [0.717, 1.165) is 22.2 Å². The lowest BCUT2D eigenvalue weighted by Gasteiger charge is -2.23. The average Bonchev–Trinajstić information content (AvgIpc) is 3.31. The third-order valence-electron chi connectivity index (χ3n) is 5.14. The van der Waals surface area contributed by atoms with Crippen LogP contribution < -0.4 is 0 Å². The number of carbonyl (C=O) groups excluding carboxylic acids is 2. The van der Waals surface area contributed by atoms with Crippen molar-refractivity contribution in [2.24, 2.45) is 0 Å². The predicted molar refractivity (Wildman–Crippen MR) is 107 cm³/mol. The third kappa shape index (κ3) is 4.39. The number of hydrogen-bond donors (Lipinski definition) is 1. The highest BCUT2D eigenvalue weighted by molar-refractivity contribution is 5.79. The molecule has 0 spiro atoms. The fourth-order valence-corrected chi connectivity index (χ4v) is 3.85. The Morgan fingerprint density at radius 1 is 1.21 bits per heavy atom. The zero-order valence-corrected chi connectivity index (χ0v) is 16.2. The number of esters is 1. The maximum atomic E-state index is 12.8. The SMILES string of the molecule is CC(=O)O[C@H]1C[C@@H](Cc2c[nH]c3ncccc23)N(C(=O)OCc2ccccc2)C1. The van der Waals surface area contributed by atoms with E-state index in [9.17, 15) is 9.59 Å². The number of rotatable bonds is 5. The Kier molecular flexibility index (Phi) is 5.46. The Morgan fingerprint density at radius 2 is 2.03 bits per heavy atom. The first-order chi connectivity index (χ1) is 14.1. The molecule has 3 aromatic rings. The number of nitrogens with one attached hydrogen (secondary N) is 1. The summed E-state index contributed by atoms with van der Waals surface area (Å²) in [4.78, 5) is 33.4. The smallest absolute Gasteiger partial charge is 0.410 e. The van der Waals surface area contributed by atoms with Crippen molar-refractivity contribution in [2.75, 3.05) is 6.54 Å². The molecule has 1 saturated heterocycles. The van der Waals surface area contributed by atoms with E-state index in [1.807, 2.05) is 48.7 Å². The lowest BCUT2D eigenvalue weighted by molar-refractivity contribution is -0.145. The van der Waals surface area contributed by atoms with E-state index in [1.54, 1.807) is 11.1 Å². The zero-order valence-electron chi connectivity index (χ0n) is 16.2. The van der Waals surface area contributed by atoms with Crippen LogP contribution in [-0.2, 0) is 27.3 Å². The van der Waals surface area contributed by atoms with Gasteiger partial charge in [-0.05, 0) is 29.7 Å². The van der Waals surface area contributed by atoms with Crippen LogP contribution in [0.4, 0.5) is 4.79 Å². The molecule has 2 aromatic heterocycles. The Morgan fingerprint density at radius 3 is 2.83 bits per heavy atom. The van der Waals surface area contributed by atoms with Crippen molar-refractivity contribution in [3.63, 3.8) is 0 Å². The lowest BCUT2D eigenvalue weighted by atomic mass is 10.0. The summed E-state index contributed by atoms with van der Waals surface area (Å²) in [6, 6.07) is 13.3. The van der Waals surface area contributed by atoms with Gasteiger partial charge in [-0.15, -0.1) is 0 Å². The van der Waals surface area contributed by atoms with E-state index in [0.29, 0.717) is 19.4 Å². The van der Waals surface area contributed by atoms with Crippen LogP contribution >= 0.6 is 0 Å². The fraction of sp³-hybridized carbons (Fsp3) is 0.318. The molecule has 1 aromatic carbocycles. The highest BCUT2D eigenvalue weighted by atomic mass is 16.6. The van der Waals surface area contributed by atoms with Gasteiger partial charge in [-0.25, -0.2) is 9.78 Å². The molecule has 1 fully saturated rings. The molecular formula is C22H23N3O4. The molecule has 7 nitrogen and oxygen atoms in total. The highest BCUT2D eigenvalue weighted by Gasteiger charge is 2.38. The summed E-state index contributed by atoms with van der Waals surface area (Å²) in [6.45, 7) is 1.92. The number of nitrogens with zero attached hydrogens (tertiary/aromatic N) is 2. The maximum absolute atomic E-state index is 12.8. The topological polar surface area (TPSA) is 84.5 Å². The number of likely N-dealkylation sites (tertiary alicyclic amines) is 1. The summed E-state index contributed by atoms with van der Waals surface area (Å²) in [7, 11) is 0. The Hall–Kier alpha value is -3.35. The molecule has 29 heavy (non-hydrogen) atoms. The fourth-order valence-electron chi connectivity index (χ4n) is 3.85. The normalized spacial score (nSPS) is 18.7. The van der Waals surface area contributed by atoms with Crippen LogP contribution in [0, 0.1) is 0 Å². The predicted octanol–water partition coefficient (Wildman–Crippen LogP) is 3.45. The van der Waals surface area contributed by atoms with Gasteiger partial charge in [0.15, 0.2) is 0 Å². The standard InChI is InChI=1S/C22H23N3O4/c1-15(26)29-19-11-18(10-17-12-24-21-20(17)8-5-9-23-21)25(13-19)22(27)28-14-16-6-3-2-4-7-16/h2-9,12,18-19H,10-11,13-14H2,1H3,(H,23,24)/t18-,19+/m1/s1. The van der Waals surface area contributed by atoms with E-state index >= 15 is 0 Å². The van der Waals surface area contributed by atoms with Crippen LogP contribution in [0.5, 0.6) is 0 Å². The molecule has 1 amide bonds. The van der Waals surface area contributed by atoms with Gasteiger partial charge >= 0.3 is 12.1 Å². The van der Waals surface area contributed by atoms with Crippen molar-refractivity contribution in [3.8, 4) is 0 Å². The number of benzene rings is 1. The molecule has 0 radical (unpaired) electrons. The van der Waals surface area contributed by atoms with Crippen LogP contribution in [0.1, 0.15) is 24.5 Å². The van der Waals surface area contributed by atoms with Gasteiger partial charge in [-0.3, -0.25) is 4.79 Å². The Labute approximate surface area is 168 Å². The molecule has 0 aliphatic carbocycles. The van der Waals surface area contributed by atoms with Gasteiger partial charge in [-0.2, -0.15) is 0 Å². The molecule has 2 atom stereocenters. The molecule has 0 bridgehead atoms. The summed E-state index contributed by atoms with van der Waals surface area (Å²) >= 11 is 0. The number of ether oxygens (including phenoxy) is 2. The van der Waals surface area contributed by atoms with Gasteiger partial charge in [0.1, 0.15) is 18.4 Å². The van der Waals surface area contributed by atoms with Crippen LogP contribution in [0.25, 0.3) is 11.0 Å². The van der Waals surface area contributed by atoms with Gasteiger partial charge in [-0.1, -0.05) is 30.3 Å². The molecule has 1 N–H and O–H groups in total. The second kappa shape index (κ2) is 8.34. The summed E-state index contributed by atoms with van der Waals surface area (Å²) in [5.74, 6) is -0.343. The van der Waals surface area contributed by atoms with Crippen molar-refractivity contribution >= 4 is 23.1 Å². The van der Waals surface area contributed by atoms with Crippen LogP contribution in [-0.4, -0.2) is 45.6 Å². The van der Waals surface area contributed by atoms with E-state index < -0.39 is 6.09 Å². The molecular weight excluding hydrogens is 370 g/mol. The van der Waals surface area contributed by atoms with Crippen molar-refractivity contribution < 1.29 is 19.1 Å². The van der Waals surface area contributed by atoms with Gasteiger partial charge < -0.3 is 19.4 Å². The van der Waals surface area contributed by atoms with Gasteiger partial charge in [0, 0.05) is 37.2 Å². The number of hydrogen-bond acceptors (Lipinski definition) is 5. The van der Waals surface area contributed by atoms with Crippen LogP contribution in [0.15, 0.2) is 54.9 Å². The largest absolute Gasteiger partial charge is 0.461 e. The lowest BCUT2D eigenvalue weighted by Crippen LogP contribution is -2.37. The minimum atomic E-state index is -0.397. The summed E-state index contributed by atoms with van der Waals surface area (Å²) < 4.78 is 10.9. The van der Waals surface area contributed by atoms with Gasteiger partial charge in [0.05, 0.1) is 6.54 Å². The van der Waals surface area contributed by atoms with E-state index in [4.69, 9.17) is 9.47 Å². The average molecular weight is 393 g/mol. The Bertz CT molecular complexity index is 1000. The second-order valence-electron chi connectivity index (χ2n) is 7.23. The molecule has 4 rings (SSSR count). The number of carbonyl (C=O) groups is 2. The molecule has 3 heterocycles. The van der Waals surface area contributed by atoms with Crippen molar-refractivity contribution in [3.05, 3.63) is 66.0 Å². The van der Waals surface area contributed by atoms with Crippen molar-refractivity contribution in [1.29, 1.82) is 0 Å². The first-order valence-electron chi connectivity index (χ1n) is 9.65. The van der Waals surface area contributed by atoms with Gasteiger partial charge in [0.2, 0.25) is 0 Å². The third-order valence-corrected chi connectivity index (χ3v) is 5.14. The number of aromatic nitrogens is 2. The molecule has 0 saturated carbocycles. The van der Waals surface area contributed by atoms with Crippen molar-refractivity contribution in [2.45, 2.75) is 38.5 Å². The minimum absolute atomic E-state index is 0.123. The molecule has 7 heteroatoms. The molecule has 150 valence electrons. The number of aromatic amines is 1. The molecule has 1 aliphatic rings. The van der Waals surface area contributed by atoms with E-state index in [1.165, 1.54) is 6.92 Å². The summed E-state index contributed by atoms with van der Waals surface area (Å²) in [5, 5.41) is 1.03. The van der Waals surface area contributed by atoms with Crippen LogP contribution in [0.2, 0.25) is 0 Å². The minimum Gasteiger partial charge on any atom is -0.461 e. The van der Waals surface area contributed by atoms with Gasteiger partial charge in [0.25, 0.3) is 0 Å². The zero-order chi connectivity index (χ0) is 20.2. The maximum Gasteiger partial charge on any atom is 0.410 e.